The molecule has 2 aliphatic heterocycles. The third-order valence-corrected chi connectivity index (χ3v) is 7.13. The second-order valence-electron chi connectivity index (χ2n) is 9.14. The van der Waals surface area contributed by atoms with E-state index >= 15 is 0 Å². The maximum Gasteiger partial charge on any atom is 0.315 e. The van der Waals surface area contributed by atoms with Gasteiger partial charge in [-0.1, -0.05) is 12.8 Å². The van der Waals surface area contributed by atoms with E-state index in [9.17, 15) is 9.59 Å². The number of hydrogen-bond donors (Lipinski definition) is 2. The van der Waals surface area contributed by atoms with Crippen molar-refractivity contribution in [1.82, 2.24) is 15.5 Å². The van der Waals surface area contributed by atoms with Gasteiger partial charge in [0.2, 0.25) is 5.91 Å². The van der Waals surface area contributed by atoms with Crippen LogP contribution in [0.25, 0.3) is 0 Å². The van der Waals surface area contributed by atoms with Gasteiger partial charge in [0.1, 0.15) is 0 Å². The van der Waals surface area contributed by atoms with Gasteiger partial charge in [-0.05, 0) is 64.2 Å². The zero-order valence-electron chi connectivity index (χ0n) is 16.5. The largest absolute Gasteiger partial charge is 0.375 e. The molecular weight excluding hydrogens is 342 g/mol. The minimum Gasteiger partial charge on any atom is -0.375 e. The Kier molecular flexibility index (Phi) is 5.90. The summed E-state index contributed by atoms with van der Waals surface area (Å²) < 4.78 is 6.06. The molecule has 2 saturated carbocycles. The van der Waals surface area contributed by atoms with Crippen LogP contribution in [-0.4, -0.2) is 54.2 Å². The predicted molar refractivity (Wildman–Crippen MR) is 103 cm³/mol. The third kappa shape index (κ3) is 4.58. The average molecular weight is 378 g/mol. The van der Waals surface area contributed by atoms with Crippen molar-refractivity contribution in [2.45, 2.75) is 94.7 Å². The van der Waals surface area contributed by atoms with Gasteiger partial charge in [0.05, 0.1) is 5.60 Å². The summed E-state index contributed by atoms with van der Waals surface area (Å²) in [6.07, 6.45) is 12.7. The van der Waals surface area contributed by atoms with E-state index in [1.54, 1.807) is 0 Å². The van der Waals surface area contributed by atoms with Crippen molar-refractivity contribution in [3.8, 4) is 0 Å². The van der Waals surface area contributed by atoms with E-state index in [1.807, 2.05) is 4.90 Å². The molecule has 4 fully saturated rings. The SMILES string of the molecule is O=C(NC1CCOC2(CCCC2)C1)N[C@H]1CC[C@@H](C(=O)N2CCCCC2)C1. The Hall–Kier alpha value is -1.30. The minimum absolute atomic E-state index is 0.0233. The van der Waals surface area contributed by atoms with Gasteiger partial charge in [-0.25, -0.2) is 4.79 Å². The van der Waals surface area contributed by atoms with Crippen molar-refractivity contribution in [2.24, 2.45) is 5.92 Å². The molecular formula is C21H35N3O3. The van der Waals surface area contributed by atoms with Gasteiger partial charge in [0.15, 0.2) is 0 Å². The molecule has 4 rings (SSSR count). The van der Waals surface area contributed by atoms with Gasteiger partial charge < -0.3 is 20.3 Å². The van der Waals surface area contributed by atoms with E-state index in [0.29, 0.717) is 5.91 Å². The van der Waals surface area contributed by atoms with Crippen LogP contribution >= 0.6 is 0 Å². The molecule has 1 spiro atoms. The molecule has 0 radical (unpaired) electrons. The summed E-state index contributed by atoms with van der Waals surface area (Å²) in [5, 5.41) is 6.31. The molecule has 0 bridgehead atoms. The molecule has 27 heavy (non-hydrogen) atoms. The molecule has 0 aromatic heterocycles. The lowest BCUT2D eigenvalue weighted by Crippen LogP contribution is -2.51. The van der Waals surface area contributed by atoms with E-state index in [2.05, 4.69) is 10.6 Å². The number of nitrogens with one attached hydrogen (secondary N) is 2. The fraction of sp³-hybridized carbons (Fsp3) is 0.905. The van der Waals surface area contributed by atoms with E-state index in [4.69, 9.17) is 4.74 Å². The Morgan fingerprint density at radius 2 is 1.63 bits per heavy atom. The van der Waals surface area contributed by atoms with Crippen LogP contribution in [0.1, 0.15) is 77.0 Å². The molecule has 2 heterocycles. The first-order chi connectivity index (χ1) is 13.1. The van der Waals surface area contributed by atoms with Crippen LogP contribution in [0, 0.1) is 5.92 Å². The van der Waals surface area contributed by atoms with Crippen molar-refractivity contribution in [3.63, 3.8) is 0 Å². The molecule has 152 valence electrons. The third-order valence-electron chi connectivity index (χ3n) is 7.13. The number of amides is 3. The Morgan fingerprint density at radius 1 is 0.889 bits per heavy atom. The molecule has 1 unspecified atom stereocenters. The number of likely N-dealkylation sites (tertiary alicyclic amines) is 1. The summed E-state index contributed by atoms with van der Waals surface area (Å²) in [5.41, 5.74) is 0.0233. The quantitative estimate of drug-likeness (QED) is 0.794. The highest BCUT2D eigenvalue weighted by molar-refractivity contribution is 5.80. The highest BCUT2D eigenvalue weighted by Crippen LogP contribution is 2.40. The lowest BCUT2D eigenvalue weighted by Gasteiger charge is -2.38. The number of carbonyl (C=O) groups is 2. The Balaban J connectivity index is 1.21. The minimum atomic E-state index is -0.0638. The lowest BCUT2D eigenvalue weighted by molar-refractivity contribution is -0.136. The fourth-order valence-corrected chi connectivity index (χ4v) is 5.64. The molecule has 6 nitrogen and oxygen atoms in total. The first kappa shape index (κ1) is 19.0. The summed E-state index contributed by atoms with van der Waals surface area (Å²) in [6.45, 7) is 2.58. The summed E-state index contributed by atoms with van der Waals surface area (Å²) in [4.78, 5) is 27.2. The molecule has 6 heteroatoms. The normalized spacial score (nSPS) is 33.2. The molecule has 0 aromatic carbocycles. The predicted octanol–water partition coefficient (Wildman–Crippen LogP) is 2.96. The smallest absolute Gasteiger partial charge is 0.315 e. The van der Waals surface area contributed by atoms with Gasteiger partial charge in [0, 0.05) is 37.7 Å². The number of urea groups is 1. The number of ether oxygens (including phenoxy) is 1. The first-order valence-electron chi connectivity index (χ1n) is 11.1. The van der Waals surface area contributed by atoms with Crippen LogP contribution in [-0.2, 0) is 9.53 Å². The number of nitrogens with zero attached hydrogens (tertiary/aromatic N) is 1. The molecule has 2 N–H and O–H groups in total. The van der Waals surface area contributed by atoms with Crippen LogP contribution in [0.2, 0.25) is 0 Å². The number of rotatable bonds is 3. The van der Waals surface area contributed by atoms with Crippen molar-refractivity contribution in [3.05, 3.63) is 0 Å². The van der Waals surface area contributed by atoms with Gasteiger partial charge >= 0.3 is 6.03 Å². The molecule has 4 aliphatic rings. The van der Waals surface area contributed by atoms with Gasteiger partial charge in [0.25, 0.3) is 0 Å². The molecule has 2 aliphatic carbocycles. The van der Waals surface area contributed by atoms with Crippen LogP contribution in [0.4, 0.5) is 4.79 Å². The van der Waals surface area contributed by atoms with E-state index in [0.717, 1.165) is 77.5 Å². The standard InChI is InChI=1S/C21H35N3O3/c25-19(24-11-4-1-5-12-24)16-6-7-17(14-16)22-20(26)23-18-8-13-27-21(15-18)9-2-3-10-21/h16-18H,1-15H2,(H2,22,23,26)/t16-,17+,18?/m1/s1. The van der Waals surface area contributed by atoms with Crippen molar-refractivity contribution in [1.29, 1.82) is 0 Å². The highest BCUT2D eigenvalue weighted by atomic mass is 16.5. The number of piperidine rings is 1. The van der Waals surface area contributed by atoms with Crippen LogP contribution < -0.4 is 10.6 Å². The maximum absolute atomic E-state index is 12.7. The van der Waals surface area contributed by atoms with Crippen LogP contribution in [0.5, 0.6) is 0 Å². The van der Waals surface area contributed by atoms with Gasteiger partial charge in [-0.15, -0.1) is 0 Å². The van der Waals surface area contributed by atoms with Crippen molar-refractivity contribution >= 4 is 11.9 Å². The summed E-state index contributed by atoms with van der Waals surface area (Å²) in [6, 6.07) is 0.277. The van der Waals surface area contributed by atoms with E-state index in [1.165, 1.54) is 19.3 Å². The summed E-state index contributed by atoms with van der Waals surface area (Å²) in [7, 11) is 0. The summed E-state index contributed by atoms with van der Waals surface area (Å²) >= 11 is 0. The Bertz CT molecular complexity index is 541. The van der Waals surface area contributed by atoms with Gasteiger partial charge in [-0.2, -0.15) is 0 Å². The highest BCUT2D eigenvalue weighted by Gasteiger charge is 2.40. The Morgan fingerprint density at radius 3 is 2.41 bits per heavy atom. The second kappa shape index (κ2) is 8.38. The summed E-state index contributed by atoms with van der Waals surface area (Å²) in [5.74, 6) is 0.408. The van der Waals surface area contributed by atoms with Crippen LogP contribution in [0.3, 0.4) is 0 Å². The maximum atomic E-state index is 12.7. The van der Waals surface area contributed by atoms with Crippen molar-refractivity contribution in [2.75, 3.05) is 19.7 Å². The number of carbonyl (C=O) groups excluding carboxylic acids is 2. The average Bonchev–Trinajstić information content (AvgIpc) is 3.32. The van der Waals surface area contributed by atoms with Crippen molar-refractivity contribution < 1.29 is 14.3 Å². The Labute approximate surface area is 162 Å². The topological polar surface area (TPSA) is 70.7 Å². The molecule has 2 saturated heterocycles. The molecule has 3 amide bonds. The van der Waals surface area contributed by atoms with Gasteiger partial charge in [-0.3, -0.25) is 4.79 Å². The molecule has 3 atom stereocenters. The zero-order valence-corrected chi connectivity index (χ0v) is 16.5. The second-order valence-corrected chi connectivity index (χ2v) is 9.14. The zero-order chi connectivity index (χ0) is 18.7. The fourth-order valence-electron chi connectivity index (χ4n) is 5.64. The molecule has 0 aromatic rings. The van der Waals surface area contributed by atoms with Crippen LogP contribution in [0.15, 0.2) is 0 Å². The lowest BCUT2D eigenvalue weighted by atomic mass is 9.89. The van der Waals surface area contributed by atoms with E-state index < -0.39 is 0 Å². The monoisotopic (exact) mass is 377 g/mol. The first-order valence-corrected chi connectivity index (χ1v) is 11.1. The van der Waals surface area contributed by atoms with E-state index in [-0.39, 0.29) is 29.6 Å². The number of hydrogen-bond acceptors (Lipinski definition) is 3.